The highest BCUT2D eigenvalue weighted by atomic mass is 32.2. The van der Waals surface area contributed by atoms with Crippen LogP contribution in [0.5, 0.6) is 5.75 Å². The summed E-state index contributed by atoms with van der Waals surface area (Å²) in [7, 11) is -3.87. The van der Waals surface area contributed by atoms with E-state index >= 15 is 0 Å². The van der Waals surface area contributed by atoms with Crippen molar-refractivity contribution in [2.24, 2.45) is 10.1 Å². The molecule has 5 rings (SSSR count). The molecule has 3 aromatic rings. The minimum atomic E-state index is -3.87. The molecule has 0 unspecified atom stereocenters. The van der Waals surface area contributed by atoms with Crippen molar-refractivity contribution >= 4 is 27.6 Å². The molecule has 1 atom stereocenters. The molecule has 2 aliphatic heterocycles. The number of likely N-dealkylation sites (tertiary alicyclic amines) is 1. The fourth-order valence-electron chi connectivity index (χ4n) is 4.22. The minimum Gasteiger partial charge on any atom is -0.491 e. The molecule has 0 spiro atoms. The van der Waals surface area contributed by atoms with E-state index < -0.39 is 10.2 Å². The lowest BCUT2D eigenvalue weighted by atomic mass is 10.0. The monoisotopic (exact) mass is 481 g/mol. The molecule has 1 fully saturated rings. The predicted molar refractivity (Wildman–Crippen MR) is 125 cm³/mol. The molecule has 0 saturated carbocycles. The standard InChI is InChI=1S/C22H23N7O4S/c23-21-20-17(26-34(31,32)27-21)5-3-6-18(20)33-13-16-4-1-2-10-29(16)22(30)15-7-8-25-19(12-15)28-11-9-24-14-28/h3,5-9,11-12,14,16,26H,1-2,4,10,13H2,(H2,23,27)/t16-/m1/s1. The summed E-state index contributed by atoms with van der Waals surface area (Å²) in [6.45, 7) is 0.855. The molecule has 1 amide bonds. The number of benzene rings is 1. The van der Waals surface area contributed by atoms with Crippen LogP contribution in [0.15, 0.2) is 59.6 Å². The minimum absolute atomic E-state index is 0.0963. The first-order chi connectivity index (χ1) is 16.4. The largest absolute Gasteiger partial charge is 0.491 e. The Morgan fingerprint density at radius 3 is 2.94 bits per heavy atom. The third-order valence-corrected chi connectivity index (χ3v) is 6.74. The lowest BCUT2D eigenvalue weighted by Gasteiger charge is -2.36. The van der Waals surface area contributed by atoms with E-state index in [0.717, 1.165) is 19.3 Å². The zero-order chi connectivity index (χ0) is 23.7. The van der Waals surface area contributed by atoms with Gasteiger partial charge in [-0.05, 0) is 43.5 Å². The predicted octanol–water partition coefficient (Wildman–Crippen LogP) is 1.72. The van der Waals surface area contributed by atoms with E-state index in [1.807, 2.05) is 4.90 Å². The second-order valence-corrected chi connectivity index (χ2v) is 9.40. The van der Waals surface area contributed by atoms with Gasteiger partial charge in [0.1, 0.15) is 24.5 Å². The van der Waals surface area contributed by atoms with E-state index in [1.165, 1.54) is 0 Å². The first-order valence-electron chi connectivity index (χ1n) is 10.8. The van der Waals surface area contributed by atoms with Crippen LogP contribution in [0.2, 0.25) is 0 Å². The number of aromatic nitrogens is 3. The molecule has 2 aromatic heterocycles. The van der Waals surface area contributed by atoms with Gasteiger partial charge in [-0.15, -0.1) is 4.40 Å². The Morgan fingerprint density at radius 1 is 1.24 bits per heavy atom. The summed E-state index contributed by atoms with van der Waals surface area (Å²) in [5, 5.41) is 0. The normalized spacial score (nSPS) is 19.0. The maximum absolute atomic E-state index is 13.4. The summed E-state index contributed by atoms with van der Waals surface area (Å²) >= 11 is 0. The summed E-state index contributed by atoms with van der Waals surface area (Å²) in [5.41, 5.74) is 7.15. The van der Waals surface area contributed by atoms with Crippen LogP contribution in [0.1, 0.15) is 35.2 Å². The topological polar surface area (TPSA) is 145 Å². The Morgan fingerprint density at radius 2 is 2.12 bits per heavy atom. The molecule has 1 saturated heterocycles. The zero-order valence-electron chi connectivity index (χ0n) is 18.2. The number of ether oxygens (including phenoxy) is 1. The fraction of sp³-hybridized carbons (Fsp3) is 0.273. The van der Waals surface area contributed by atoms with Gasteiger partial charge in [0.15, 0.2) is 5.84 Å². The van der Waals surface area contributed by atoms with Gasteiger partial charge in [-0.25, -0.2) is 9.97 Å². The lowest BCUT2D eigenvalue weighted by Crippen LogP contribution is -2.46. The second kappa shape index (κ2) is 8.78. The molecule has 2 aliphatic rings. The third-order valence-electron chi connectivity index (χ3n) is 5.82. The van der Waals surface area contributed by atoms with Crippen LogP contribution < -0.4 is 15.2 Å². The number of nitrogens with one attached hydrogen (secondary N) is 1. The molecular weight excluding hydrogens is 458 g/mol. The van der Waals surface area contributed by atoms with Crippen molar-refractivity contribution in [1.82, 2.24) is 19.4 Å². The van der Waals surface area contributed by atoms with Gasteiger partial charge in [0.25, 0.3) is 5.91 Å². The molecule has 3 N–H and O–H groups in total. The van der Waals surface area contributed by atoms with Gasteiger partial charge in [-0.1, -0.05) is 6.07 Å². The van der Waals surface area contributed by atoms with Gasteiger partial charge in [0.2, 0.25) is 0 Å². The van der Waals surface area contributed by atoms with Gasteiger partial charge in [-0.3, -0.25) is 14.1 Å². The summed E-state index contributed by atoms with van der Waals surface area (Å²) in [6, 6.07) is 8.27. The molecule has 0 bridgehead atoms. The Kier molecular flexibility index (Phi) is 5.65. The van der Waals surface area contributed by atoms with E-state index in [1.54, 1.807) is 59.8 Å². The number of hydrogen-bond acceptors (Lipinski definition) is 7. The van der Waals surface area contributed by atoms with E-state index in [4.69, 9.17) is 10.5 Å². The van der Waals surface area contributed by atoms with Gasteiger partial charge in [-0.2, -0.15) is 8.42 Å². The first-order valence-corrected chi connectivity index (χ1v) is 12.2. The Balaban J connectivity index is 1.35. The average Bonchev–Trinajstić information content (AvgIpc) is 3.37. The number of carbonyl (C=O) groups is 1. The number of amides is 1. The number of imidazole rings is 1. The Labute approximate surface area is 196 Å². The summed E-state index contributed by atoms with van der Waals surface area (Å²) in [5.74, 6) is 0.789. The van der Waals surface area contributed by atoms with Crippen molar-refractivity contribution in [3.63, 3.8) is 0 Å². The van der Waals surface area contributed by atoms with Crippen LogP contribution in [0, 0.1) is 0 Å². The summed E-state index contributed by atoms with van der Waals surface area (Å²) in [6.07, 6.45) is 9.33. The summed E-state index contributed by atoms with van der Waals surface area (Å²) < 4.78 is 37.3. The van der Waals surface area contributed by atoms with Crippen LogP contribution in [-0.4, -0.2) is 58.8 Å². The number of nitrogens with zero attached hydrogens (tertiary/aromatic N) is 5. The van der Waals surface area contributed by atoms with Crippen molar-refractivity contribution < 1.29 is 17.9 Å². The van der Waals surface area contributed by atoms with E-state index in [-0.39, 0.29) is 24.4 Å². The number of anilines is 1. The van der Waals surface area contributed by atoms with Crippen molar-refractivity contribution in [2.75, 3.05) is 17.9 Å². The molecule has 0 aliphatic carbocycles. The molecule has 1 aromatic carbocycles. The maximum Gasteiger partial charge on any atom is 0.344 e. The fourth-order valence-corrected chi connectivity index (χ4v) is 5.06. The van der Waals surface area contributed by atoms with Crippen LogP contribution in [0.25, 0.3) is 5.82 Å². The Hall–Kier alpha value is -3.93. The van der Waals surface area contributed by atoms with Gasteiger partial charge >= 0.3 is 10.2 Å². The summed E-state index contributed by atoms with van der Waals surface area (Å²) in [4.78, 5) is 23.6. The van der Waals surface area contributed by atoms with Crippen LogP contribution >= 0.6 is 0 Å². The van der Waals surface area contributed by atoms with Crippen molar-refractivity contribution in [1.29, 1.82) is 0 Å². The van der Waals surface area contributed by atoms with E-state index in [2.05, 4.69) is 19.1 Å². The number of piperidine rings is 1. The number of fused-ring (bicyclic) bond motifs is 1. The highest BCUT2D eigenvalue weighted by Crippen LogP contribution is 2.31. The number of nitrogens with two attached hydrogens (primary N) is 1. The molecule has 0 radical (unpaired) electrons. The second-order valence-electron chi connectivity index (χ2n) is 8.06. The quantitative estimate of drug-likeness (QED) is 0.564. The lowest BCUT2D eigenvalue weighted by molar-refractivity contribution is 0.0528. The van der Waals surface area contributed by atoms with Crippen molar-refractivity contribution in [3.05, 3.63) is 66.4 Å². The number of pyridine rings is 1. The van der Waals surface area contributed by atoms with E-state index in [9.17, 15) is 13.2 Å². The van der Waals surface area contributed by atoms with Crippen LogP contribution in [0.4, 0.5) is 5.69 Å². The van der Waals surface area contributed by atoms with Crippen molar-refractivity contribution in [2.45, 2.75) is 25.3 Å². The molecular formula is C22H23N7O4S. The molecule has 12 heteroatoms. The zero-order valence-corrected chi connectivity index (χ0v) is 19.0. The molecule has 176 valence electrons. The maximum atomic E-state index is 13.4. The van der Waals surface area contributed by atoms with Crippen molar-refractivity contribution in [3.8, 4) is 11.6 Å². The van der Waals surface area contributed by atoms with Crippen LogP contribution in [-0.2, 0) is 10.2 Å². The number of amidine groups is 1. The van der Waals surface area contributed by atoms with Gasteiger partial charge in [0.05, 0.1) is 17.3 Å². The Bertz CT molecular complexity index is 1360. The smallest absolute Gasteiger partial charge is 0.344 e. The third kappa shape index (κ3) is 4.31. The molecule has 11 nitrogen and oxygen atoms in total. The average molecular weight is 482 g/mol. The number of rotatable bonds is 5. The van der Waals surface area contributed by atoms with E-state index in [0.29, 0.717) is 34.9 Å². The first kappa shape index (κ1) is 21.9. The highest BCUT2D eigenvalue weighted by Gasteiger charge is 2.30. The molecule has 4 heterocycles. The van der Waals surface area contributed by atoms with Gasteiger partial charge in [0, 0.05) is 30.7 Å². The number of carbonyl (C=O) groups excluding carboxylic acids is 1. The van der Waals surface area contributed by atoms with Gasteiger partial charge < -0.3 is 15.4 Å². The number of hydrogen-bond donors (Lipinski definition) is 2. The SMILES string of the molecule is NC1=NS(=O)(=O)Nc2cccc(OC[C@H]3CCCCN3C(=O)c3ccnc(-n4ccnc4)c3)c21. The van der Waals surface area contributed by atoms with Crippen LogP contribution in [0.3, 0.4) is 0 Å². The molecule has 34 heavy (non-hydrogen) atoms. The highest BCUT2D eigenvalue weighted by molar-refractivity contribution is 7.91.